The second-order valence-corrected chi connectivity index (χ2v) is 8.72. The van der Waals surface area contributed by atoms with Crippen molar-refractivity contribution in [1.82, 2.24) is 9.80 Å². The highest BCUT2D eigenvalue weighted by molar-refractivity contribution is 5.94. The Balaban J connectivity index is 1.13. The van der Waals surface area contributed by atoms with Gasteiger partial charge >= 0.3 is 0 Å². The fourth-order valence-electron chi connectivity index (χ4n) is 5.30. The van der Waals surface area contributed by atoms with Gasteiger partial charge in [0.2, 0.25) is 0 Å². The van der Waals surface area contributed by atoms with Crippen molar-refractivity contribution in [3.05, 3.63) is 65.2 Å². The maximum Gasteiger partial charge on any atom is 0.253 e. The Bertz CT molecular complexity index is 850. The maximum atomic E-state index is 12.7. The van der Waals surface area contributed by atoms with Crippen LogP contribution in [0, 0.1) is 0 Å². The minimum atomic E-state index is 0.177. The van der Waals surface area contributed by atoms with Crippen molar-refractivity contribution in [2.45, 2.75) is 38.1 Å². The van der Waals surface area contributed by atoms with Crippen LogP contribution in [-0.2, 0) is 12.8 Å². The number of aryl methyl sites for hydroxylation is 2. The molecular formula is C25H31N3O. The van der Waals surface area contributed by atoms with Gasteiger partial charge in [0.15, 0.2) is 0 Å². The SMILES string of the molecule is O=C(c1ccccc1)N1CCN(C2CCN(c3ccc4c(c3)CCC4)CC2)CC1. The van der Waals surface area contributed by atoms with Crippen molar-refractivity contribution in [3.8, 4) is 0 Å². The molecule has 0 spiro atoms. The molecule has 2 fully saturated rings. The molecule has 0 aromatic heterocycles. The van der Waals surface area contributed by atoms with Crippen LogP contribution in [0.15, 0.2) is 48.5 Å². The summed E-state index contributed by atoms with van der Waals surface area (Å²) in [5.74, 6) is 0.177. The summed E-state index contributed by atoms with van der Waals surface area (Å²) in [6.45, 7) is 5.99. The van der Waals surface area contributed by atoms with Gasteiger partial charge in [0.25, 0.3) is 5.91 Å². The summed E-state index contributed by atoms with van der Waals surface area (Å²) in [6.07, 6.45) is 6.29. The van der Waals surface area contributed by atoms with E-state index in [1.807, 2.05) is 35.2 Å². The van der Waals surface area contributed by atoms with E-state index < -0.39 is 0 Å². The van der Waals surface area contributed by atoms with E-state index in [1.165, 1.54) is 37.8 Å². The Morgan fingerprint density at radius 1 is 0.793 bits per heavy atom. The van der Waals surface area contributed by atoms with Crippen LogP contribution in [0.4, 0.5) is 5.69 Å². The number of benzene rings is 2. The number of hydrogen-bond acceptors (Lipinski definition) is 3. The summed E-state index contributed by atoms with van der Waals surface area (Å²) in [4.78, 5) is 19.9. The number of piperidine rings is 1. The minimum Gasteiger partial charge on any atom is -0.371 e. The Kier molecular flexibility index (Phi) is 5.28. The number of rotatable bonds is 3. The van der Waals surface area contributed by atoms with E-state index in [1.54, 1.807) is 11.1 Å². The first kappa shape index (κ1) is 18.7. The van der Waals surface area contributed by atoms with E-state index in [-0.39, 0.29) is 5.91 Å². The van der Waals surface area contributed by atoms with Gasteiger partial charge in [0.1, 0.15) is 0 Å². The molecule has 0 bridgehead atoms. The van der Waals surface area contributed by atoms with E-state index >= 15 is 0 Å². The highest BCUT2D eigenvalue weighted by Gasteiger charge is 2.29. The molecule has 0 N–H and O–H groups in total. The van der Waals surface area contributed by atoms with Crippen LogP contribution in [0.3, 0.4) is 0 Å². The van der Waals surface area contributed by atoms with E-state index in [0.29, 0.717) is 6.04 Å². The first-order valence-corrected chi connectivity index (χ1v) is 11.2. The topological polar surface area (TPSA) is 26.8 Å². The molecule has 0 atom stereocenters. The molecule has 1 aliphatic carbocycles. The fourth-order valence-corrected chi connectivity index (χ4v) is 5.30. The number of piperazine rings is 1. The predicted octanol–water partition coefficient (Wildman–Crippen LogP) is 3.60. The molecule has 2 saturated heterocycles. The molecule has 2 heterocycles. The van der Waals surface area contributed by atoms with Crippen molar-refractivity contribution in [1.29, 1.82) is 0 Å². The van der Waals surface area contributed by atoms with Gasteiger partial charge in [0.05, 0.1) is 0 Å². The largest absolute Gasteiger partial charge is 0.371 e. The first-order chi connectivity index (χ1) is 14.3. The maximum absolute atomic E-state index is 12.7. The summed E-state index contributed by atoms with van der Waals surface area (Å²) < 4.78 is 0. The molecule has 29 heavy (non-hydrogen) atoms. The lowest BCUT2D eigenvalue weighted by atomic mass is 10.0. The summed E-state index contributed by atoms with van der Waals surface area (Å²) >= 11 is 0. The van der Waals surface area contributed by atoms with Gasteiger partial charge in [0, 0.05) is 56.6 Å². The molecule has 4 heteroatoms. The molecule has 4 nitrogen and oxygen atoms in total. The van der Waals surface area contributed by atoms with Crippen molar-refractivity contribution in [3.63, 3.8) is 0 Å². The Labute approximate surface area is 174 Å². The van der Waals surface area contributed by atoms with Crippen LogP contribution in [0.25, 0.3) is 0 Å². The zero-order valence-electron chi connectivity index (χ0n) is 17.2. The molecule has 152 valence electrons. The van der Waals surface area contributed by atoms with Crippen molar-refractivity contribution < 1.29 is 4.79 Å². The lowest BCUT2D eigenvalue weighted by Gasteiger charge is -2.43. The number of carbonyl (C=O) groups excluding carboxylic acids is 1. The van der Waals surface area contributed by atoms with Gasteiger partial charge in [-0.1, -0.05) is 24.3 Å². The standard InChI is InChI=1S/C25H31N3O/c29-25(21-5-2-1-3-6-21)28-17-15-27(16-18-28)23-11-13-26(14-12-23)24-10-9-20-7-4-8-22(20)19-24/h1-3,5-6,9-10,19,23H,4,7-8,11-18H2. The predicted molar refractivity (Wildman–Crippen MR) is 118 cm³/mol. The quantitative estimate of drug-likeness (QED) is 0.803. The van der Waals surface area contributed by atoms with E-state index in [0.717, 1.165) is 44.8 Å². The van der Waals surface area contributed by atoms with Crippen molar-refractivity contribution in [2.75, 3.05) is 44.2 Å². The van der Waals surface area contributed by atoms with Crippen molar-refractivity contribution >= 4 is 11.6 Å². The lowest BCUT2D eigenvalue weighted by Crippen LogP contribution is -2.54. The molecule has 0 radical (unpaired) electrons. The molecule has 1 amide bonds. The number of hydrogen-bond donors (Lipinski definition) is 0. The summed E-state index contributed by atoms with van der Waals surface area (Å²) in [6, 6.07) is 17.5. The third-order valence-corrected chi connectivity index (χ3v) is 7.05. The number of amides is 1. The molecule has 2 aromatic rings. The monoisotopic (exact) mass is 389 g/mol. The Morgan fingerprint density at radius 3 is 2.28 bits per heavy atom. The molecule has 2 aliphatic heterocycles. The zero-order chi connectivity index (χ0) is 19.6. The number of anilines is 1. The summed E-state index contributed by atoms with van der Waals surface area (Å²) in [5.41, 5.74) is 5.36. The van der Waals surface area contributed by atoms with E-state index in [9.17, 15) is 4.79 Å². The number of carbonyl (C=O) groups is 1. The van der Waals surface area contributed by atoms with Gasteiger partial charge in [-0.25, -0.2) is 0 Å². The number of fused-ring (bicyclic) bond motifs is 1. The first-order valence-electron chi connectivity index (χ1n) is 11.2. The smallest absolute Gasteiger partial charge is 0.253 e. The highest BCUT2D eigenvalue weighted by atomic mass is 16.2. The number of nitrogens with zero attached hydrogens (tertiary/aromatic N) is 3. The molecule has 3 aliphatic rings. The molecule has 5 rings (SSSR count). The normalized spacial score (nSPS) is 20.7. The molecule has 0 saturated carbocycles. The molecular weight excluding hydrogens is 358 g/mol. The van der Waals surface area contributed by atoms with Crippen LogP contribution >= 0.6 is 0 Å². The van der Waals surface area contributed by atoms with Crippen LogP contribution in [0.2, 0.25) is 0 Å². The highest BCUT2D eigenvalue weighted by Crippen LogP contribution is 2.29. The minimum absolute atomic E-state index is 0.177. The van der Waals surface area contributed by atoms with Crippen molar-refractivity contribution in [2.24, 2.45) is 0 Å². The second-order valence-electron chi connectivity index (χ2n) is 8.72. The van der Waals surface area contributed by atoms with Gasteiger partial charge < -0.3 is 9.80 Å². The average molecular weight is 390 g/mol. The van der Waals surface area contributed by atoms with Crippen LogP contribution in [0.5, 0.6) is 0 Å². The summed E-state index contributed by atoms with van der Waals surface area (Å²) in [5, 5.41) is 0. The van der Waals surface area contributed by atoms with Crippen LogP contribution in [-0.4, -0.2) is 61.0 Å². The van der Waals surface area contributed by atoms with Gasteiger partial charge in [-0.05, 0) is 67.5 Å². The summed E-state index contributed by atoms with van der Waals surface area (Å²) in [7, 11) is 0. The van der Waals surface area contributed by atoms with Gasteiger partial charge in [-0.15, -0.1) is 0 Å². The molecule has 2 aromatic carbocycles. The molecule has 0 unspecified atom stereocenters. The van der Waals surface area contributed by atoms with Crippen LogP contribution < -0.4 is 4.90 Å². The second kappa shape index (κ2) is 8.19. The van der Waals surface area contributed by atoms with Gasteiger partial charge in [-0.2, -0.15) is 0 Å². The zero-order valence-corrected chi connectivity index (χ0v) is 17.2. The Hall–Kier alpha value is -2.33. The van der Waals surface area contributed by atoms with E-state index in [4.69, 9.17) is 0 Å². The lowest BCUT2D eigenvalue weighted by molar-refractivity contribution is 0.0541. The third kappa shape index (κ3) is 3.91. The average Bonchev–Trinajstić information content (AvgIpc) is 3.27. The van der Waals surface area contributed by atoms with E-state index in [2.05, 4.69) is 28.0 Å². The Morgan fingerprint density at radius 2 is 1.52 bits per heavy atom. The van der Waals surface area contributed by atoms with Gasteiger partial charge in [-0.3, -0.25) is 9.69 Å². The fraction of sp³-hybridized carbons (Fsp3) is 0.480. The van der Waals surface area contributed by atoms with Crippen LogP contribution in [0.1, 0.15) is 40.7 Å². The third-order valence-electron chi connectivity index (χ3n) is 7.05.